The van der Waals surface area contributed by atoms with Crippen LogP contribution in [-0.2, 0) is 6.54 Å². The third kappa shape index (κ3) is 3.31. The molecule has 0 aliphatic carbocycles. The number of aryl methyl sites for hydroxylation is 2. The Hall–Kier alpha value is -1.39. The zero-order valence-corrected chi connectivity index (χ0v) is 11.7. The van der Waals surface area contributed by atoms with Crippen LogP contribution < -0.4 is 5.32 Å². The van der Waals surface area contributed by atoms with Gasteiger partial charge < -0.3 is 5.32 Å². The smallest absolute Gasteiger partial charge is 0.192 e. The lowest BCUT2D eigenvalue weighted by Crippen LogP contribution is -2.06. The normalized spacial score (nSPS) is 10.6. The van der Waals surface area contributed by atoms with E-state index in [1.165, 1.54) is 16.0 Å². The van der Waals surface area contributed by atoms with Crippen LogP contribution in [0, 0.1) is 13.8 Å². The summed E-state index contributed by atoms with van der Waals surface area (Å²) in [6.07, 6.45) is 3.69. The van der Waals surface area contributed by atoms with Crippen LogP contribution in [0.2, 0.25) is 0 Å². The Morgan fingerprint density at radius 1 is 1.17 bits per heavy atom. The Bertz CT molecular complexity index is 523. The van der Waals surface area contributed by atoms with Gasteiger partial charge in [0, 0.05) is 23.8 Å². The summed E-state index contributed by atoms with van der Waals surface area (Å²) in [4.78, 5) is 9.78. The first-order chi connectivity index (χ1) is 8.69. The molecule has 0 saturated carbocycles. The summed E-state index contributed by atoms with van der Waals surface area (Å²) >= 11 is 1.59. The van der Waals surface area contributed by atoms with Crippen LogP contribution in [0.3, 0.4) is 0 Å². The molecule has 0 atom stereocenters. The third-order valence-electron chi connectivity index (χ3n) is 2.65. The van der Waals surface area contributed by atoms with Crippen LogP contribution in [0.1, 0.15) is 16.7 Å². The van der Waals surface area contributed by atoms with Crippen LogP contribution in [0.15, 0.2) is 40.6 Å². The molecule has 18 heavy (non-hydrogen) atoms. The number of rotatable bonds is 4. The summed E-state index contributed by atoms with van der Waals surface area (Å²) in [6.45, 7) is 5.02. The molecule has 0 aliphatic rings. The van der Waals surface area contributed by atoms with E-state index in [4.69, 9.17) is 0 Å². The number of nitrogens with zero attached hydrogens (tertiary/aromatic N) is 2. The van der Waals surface area contributed by atoms with Gasteiger partial charge in [0.15, 0.2) is 5.16 Å². The van der Waals surface area contributed by atoms with Gasteiger partial charge in [-0.1, -0.05) is 6.07 Å². The minimum absolute atomic E-state index is 0.793. The van der Waals surface area contributed by atoms with E-state index in [-0.39, 0.29) is 0 Å². The van der Waals surface area contributed by atoms with Crippen LogP contribution in [0.25, 0.3) is 0 Å². The molecule has 2 rings (SSSR count). The quantitative estimate of drug-likeness (QED) is 0.857. The molecule has 0 fully saturated rings. The number of hydrogen-bond acceptors (Lipinski definition) is 4. The average Bonchev–Trinajstić information content (AvgIpc) is 2.36. The number of hydrogen-bond donors (Lipinski definition) is 1. The molecule has 1 aromatic carbocycles. The Morgan fingerprint density at radius 3 is 2.50 bits per heavy atom. The zero-order valence-electron chi connectivity index (χ0n) is 10.9. The number of benzene rings is 1. The predicted molar refractivity (Wildman–Crippen MR) is 74.8 cm³/mol. The molecule has 0 aliphatic heterocycles. The molecule has 0 saturated heterocycles. The number of aromatic nitrogens is 2. The molecule has 0 spiro atoms. The maximum absolute atomic E-state index is 4.30. The van der Waals surface area contributed by atoms with Gasteiger partial charge >= 0.3 is 0 Å². The van der Waals surface area contributed by atoms with Crippen LogP contribution in [-0.4, -0.2) is 17.0 Å². The second-order valence-electron chi connectivity index (χ2n) is 4.26. The van der Waals surface area contributed by atoms with Crippen LogP contribution in [0.4, 0.5) is 0 Å². The molecule has 94 valence electrons. The van der Waals surface area contributed by atoms with E-state index in [1.54, 1.807) is 11.8 Å². The fourth-order valence-electron chi connectivity index (χ4n) is 1.66. The van der Waals surface area contributed by atoms with E-state index < -0.39 is 0 Å². The second kappa shape index (κ2) is 5.98. The molecule has 0 unspecified atom stereocenters. The first-order valence-corrected chi connectivity index (χ1v) is 6.71. The van der Waals surface area contributed by atoms with Gasteiger partial charge in [-0.3, -0.25) is 0 Å². The van der Waals surface area contributed by atoms with Gasteiger partial charge in [-0.05, 0) is 61.5 Å². The minimum Gasteiger partial charge on any atom is -0.316 e. The molecule has 1 N–H and O–H groups in total. The highest BCUT2D eigenvalue weighted by molar-refractivity contribution is 7.99. The maximum Gasteiger partial charge on any atom is 0.192 e. The summed E-state index contributed by atoms with van der Waals surface area (Å²) in [7, 11) is 1.96. The molecule has 0 amide bonds. The van der Waals surface area contributed by atoms with Gasteiger partial charge in [-0.25, -0.2) is 9.97 Å². The van der Waals surface area contributed by atoms with E-state index in [2.05, 4.69) is 40.4 Å². The third-order valence-corrected chi connectivity index (χ3v) is 3.53. The van der Waals surface area contributed by atoms with Gasteiger partial charge in [-0.15, -0.1) is 0 Å². The fraction of sp³-hybridized carbons (Fsp3) is 0.286. The van der Waals surface area contributed by atoms with Crippen LogP contribution >= 0.6 is 11.8 Å². The van der Waals surface area contributed by atoms with E-state index in [0.717, 1.165) is 17.3 Å². The van der Waals surface area contributed by atoms with Crippen molar-refractivity contribution in [3.8, 4) is 0 Å². The van der Waals surface area contributed by atoms with Crippen LogP contribution in [0.5, 0.6) is 0 Å². The molecular weight excluding hydrogens is 242 g/mol. The molecule has 3 nitrogen and oxygen atoms in total. The Balaban J connectivity index is 2.14. The summed E-state index contributed by atoms with van der Waals surface area (Å²) in [5, 5.41) is 3.96. The van der Waals surface area contributed by atoms with Crippen molar-refractivity contribution in [2.45, 2.75) is 30.4 Å². The zero-order chi connectivity index (χ0) is 13.0. The molecule has 1 aromatic heterocycles. The highest BCUT2D eigenvalue weighted by atomic mass is 32.2. The second-order valence-corrected chi connectivity index (χ2v) is 5.30. The molecule has 4 heteroatoms. The van der Waals surface area contributed by atoms with Gasteiger partial charge in [0.05, 0.1) is 0 Å². The highest BCUT2D eigenvalue weighted by Gasteiger charge is 2.03. The van der Waals surface area contributed by atoms with Crippen molar-refractivity contribution in [3.05, 3.63) is 47.3 Å². The molecule has 0 radical (unpaired) electrons. The lowest BCUT2D eigenvalue weighted by molar-refractivity contribution is 0.811. The standard InChI is InChI=1S/C14H17N3S/c1-10-7-16-14(17-8-10)18-13-5-4-12(9-15-3)11(2)6-13/h4-8,15H,9H2,1-3H3. The Kier molecular flexibility index (Phi) is 4.33. The predicted octanol–water partition coefficient (Wildman–Crippen LogP) is 2.96. The van der Waals surface area contributed by atoms with Gasteiger partial charge in [0.2, 0.25) is 0 Å². The lowest BCUT2D eigenvalue weighted by atomic mass is 10.1. The summed E-state index contributed by atoms with van der Waals surface area (Å²) in [5.74, 6) is 0. The maximum atomic E-state index is 4.30. The lowest BCUT2D eigenvalue weighted by Gasteiger charge is -2.07. The monoisotopic (exact) mass is 259 g/mol. The largest absolute Gasteiger partial charge is 0.316 e. The van der Waals surface area contributed by atoms with Crippen molar-refractivity contribution in [2.75, 3.05) is 7.05 Å². The Labute approximate surface area is 112 Å². The van der Waals surface area contributed by atoms with Crippen molar-refractivity contribution in [3.63, 3.8) is 0 Å². The first kappa shape index (κ1) is 13.1. The average molecular weight is 259 g/mol. The Morgan fingerprint density at radius 2 is 1.89 bits per heavy atom. The van der Waals surface area contributed by atoms with Crippen molar-refractivity contribution >= 4 is 11.8 Å². The fourth-order valence-corrected chi connectivity index (χ4v) is 2.45. The van der Waals surface area contributed by atoms with Gasteiger partial charge in [0.1, 0.15) is 0 Å². The highest BCUT2D eigenvalue weighted by Crippen LogP contribution is 2.26. The molecule has 2 aromatic rings. The van der Waals surface area contributed by atoms with Gasteiger partial charge in [-0.2, -0.15) is 0 Å². The number of nitrogens with one attached hydrogen (secondary N) is 1. The first-order valence-electron chi connectivity index (χ1n) is 5.89. The van der Waals surface area contributed by atoms with Crippen molar-refractivity contribution in [2.24, 2.45) is 0 Å². The summed E-state index contributed by atoms with van der Waals surface area (Å²) in [6, 6.07) is 6.45. The van der Waals surface area contributed by atoms with E-state index >= 15 is 0 Å². The summed E-state index contributed by atoms with van der Waals surface area (Å²) in [5.41, 5.74) is 3.70. The van der Waals surface area contributed by atoms with Gasteiger partial charge in [0.25, 0.3) is 0 Å². The minimum atomic E-state index is 0.793. The van der Waals surface area contributed by atoms with E-state index in [0.29, 0.717) is 0 Å². The van der Waals surface area contributed by atoms with Crippen molar-refractivity contribution < 1.29 is 0 Å². The SMILES string of the molecule is CNCc1ccc(Sc2ncc(C)cn2)cc1C. The molecule has 1 heterocycles. The topological polar surface area (TPSA) is 37.8 Å². The van der Waals surface area contributed by atoms with Crippen molar-refractivity contribution in [1.82, 2.24) is 15.3 Å². The van der Waals surface area contributed by atoms with Crippen molar-refractivity contribution in [1.29, 1.82) is 0 Å². The molecular formula is C14H17N3S. The summed E-state index contributed by atoms with van der Waals surface area (Å²) < 4.78 is 0. The van der Waals surface area contributed by atoms with E-state index in [9.17, 15) is 0 Å². The molecule has 0 bridgehead atoms. The van der Waals surface area contributed by atoms with E-state index in [1.807, 2.05) is 26.4 Å².